The van der Waals surface area contributed by atoms with Crippen molar-refractivity contribution >= 4 is 5.97 Å². The van der Waals surface area contributed by atoms with E-state index in [1.165, 1.54) is 0 Å². The van der Waals surface area contributed by atoms with Crippen LogP contribution in [0.3, 0.4) is 0 Å². The van der Waals surface area contributed by atoms with E-state index in [4.69, 9.17) is 0 Å². The van der Waals surface area contributed by atoms with Crippen LogP contribution in [0.1, 0.15) is 18.5 Å². The molecular formula is C11H17N3O2. The quantitative estimate of drug-likeness (QED) is 0.776. The average molecular weight is 223 g/mol. The molecule has 0 spiro atoms. The summed E-state index contributed by atoms with van der Waals surface area (Å²) in [7, 11) is 1.88. The smallest absolute Gasteiger partial charge is 0.310 e. The second-order valence-corrected chi connectivity index (χ2v) is 4.46. The minimum Gasteiger partial charge on any atom is -0.481 e. The highest BCUT2D eigenvalue weighted by atomic mass is 16.4. The summed E-state index contributed by atoms with van der Waals surface area (Å²) in [5.41, 5.74) is 0.511. The van der Waals surface area contributed by atoms with Crippen LogP contribution in [-0.4, -0.2) is 33.9 Å². The van der Waals surface area contributed by atoms with Gasteiger partial charge in [-0.15, -0.1) is 0 Å². The first-order valence-electron chi connectivity index (χ1n) is 5.55. The summed E-state index contributed by atoms with van der Waals surface area (Å²) in [5, 5.41) is 16.5. The minimum absolute atomic E-state index is 0.579. The fourth-order valence-electron chi connectivity index (χ4n) is 2.26. The molecule has 16 heavy (non-hydrogen) atoms. The van der Waals surface area contributed by atoms with Gasteiger partial charge in [-0.3, -0.25) is 9.48 Å². The minimum atomic E-state index is -0.681. The molecule has 5 heteroatoms. The van der Waals surface area contributed by atoms with Crippen LogP contribution in [0.2, 0.25) is 0 Å². The summed E-state index contributed by atoms with van der Waals surface area (Å²) in [6.45, 7) is 1.39. The molecule has 1 aromatic rings. The van der Waals surface area contributed by atoms with E-state index < -0.39 is 11.4 Å². The topological polar surface area (TPSA) is 67.2 Å². The van der Waals surface area contributed by atoms with Crippen LogP contribution in [-0.2, 0) is 18.3 Å². The van der Waals surface area contributed by atoms with Gasteiger partial charge in [-0.25, -0.2) is 0 Å². The molecule has 1 aromatic heterocycles. The third-order valence-corrected chi connectivity index (χ3v) is 3.48. The van der Waals surface area contributed by atoms with E-state index in [0.29, 0.717) is 13.0 Å². The molecule has 0 bridgehead atoms. The lowest BCUT2D eigenvalue weighted by Crippen LogP contribution is -2.34. The monoisotopic (exact) mass is 223 g/mol. The Morgan fingerprint density at radius 3 is 3.06 bits per heavy atom. The molecule has 1 saturated heterocycles. The second-order valence-electron chi connectivity index (χ2n) is 4.46. The van der Waals surface area contributed by atoms with Crippen LogP contribution in [0.25, 0.3) is 0 Å². The SMILES string of the molecule is Cn1nccc1CCC1(C(=O)O)CCNC1. The number of nitrogens with one attached hydrogen (secondary N) is 1. The maximum Gasteiger partial charge on any atom is 0.310 e. The number of rotatable bonds is 4. The highest BCUT2D eigenvalue weighted by Crippen LogP contribution is 2.31. The number of hydrogen-bond acceptors (Lipinski definition) is 3. The summed E-state index contributed by atoms with van der Waals surface area (Å²) in [6.07, 6.45) is 3.91. The molecule has 0 saturated carbocycles. The number of aromatic nitrogens is 2. The van der Waals surface area contributed by atoms with E-state index in [-0.39, 0.29) is 0 Å². The molecule has 2 N–H and O–H groups in total. The van der Waals surface area contributed by atoms with Gasteiger partial charge in [0.15, 0.2) is 0 Å². The van der Waals surface area contributed by atoms with E-state index in [1.807, 2.05) is 13.1 Å². The Balaban J connectivity index is 2.03. The van der Waals surface area contributed by atoms with Crippen molar-refractivity contribution in [3.63, 3.8) is 0 Å². The molecule has 0 aliphatic carbocycles. The fourth-order valence-corrected chi connectivity index (χ4v) is 2.26. The average Bonchev–Trinajstić information content (AvgIpc) is 2.84. The first kappa shape index (κ1) is 11.1. The van der Waals surface area contributed by atoms with Crippen LogP contribution < -0.4 is 5.32 Å². The number of carboxylic acids is 1. The summed E-state index contributed by atoms with van der Waals surface area (Å²) in [6, 6.07) is 1.94. The molecule has 0 amide bonds. The summed E-state index contributed by atoms with van der Waals surface area (Å²) < 4.78 is 1.80. The maximum atomic E-state index is 11.3. The number of nitrogens with zero attached hydrogens (tertiary/aromatic N) is 2. The molecule has 5 nitrogen and oxygen atoms in total. The molecule has 0 aromatic carbocycles. The predicted octanol–water partition coefficient (Wildman–Crippen LogP) is 0.417. The van der Waals surface area contributed by atoms with Gasteiger partial charge >= 0.3 is 5.97 Å². The Labute approximate surface area is 94.5 Å². The van der Waals surface area contributed by atoms with Crippen molar-refractivity contribution in [3.8, 4) is 0 Å². The zero-order chi connectivity index (χ0) is 11.6. The van der Waals surface area contributed by atoms with Gasteiger partial charge in [0.2, 0.25) is 0 Å². The van der Waals surface area contributed by atoms with Gasteiger partial charge < -0.3 is 10.4 Å². The molecule has 0 radical (unpaired) electrons. The lowest BCUT2D eigenvalue weighted by Gasteiger charge is -2.22. The fraction of sp³-hybridized carbons (Fsp3) is 0.636. The summed E-state index contributed by atoms with van der Waals surface area (Å²) in [5.74, 6) is -0.681. The van der Waals surface area contributed by atoms with Gasteiger partial charge in [-0.05, 0) is 31.9 Å². The Morgan fingerprint density at radius 2 is 2.56 bits per heavy atom. The zero-order valence-corrected chi connectivity index (χ0v) is 9.44. The molecule has 1 fully saturated rings. The van der Waals surface area contributed by atoms with Crippen LogP contribution in [0.15, 0.2) is 12.3 Å². The van der Waals surface area contributed by atoms with E-state index in [1.54, 1.807) is 10.9 Å². The molecule has 2 rings (SSSR count). The van der Waals surface area contributed by atoms with Crippen molar-refractivity contribution in [1.29, 1.82) is 0 Å². The lowest BCUT2D eigenvalue weighted by molar-refractivity contribution is -0.148. The molecular weight excluding hydrogens is 206 g/mol. The predicted molar refractivity (Wildman–Crippen MR) is 59.1 cm³/mol. The lowest BCUT2D eigenvalue weighted by atomic mass is 9.82. The molecule has 88 valence electrons. The third-order valence-electron chi connectivity index (χ3n) is 3.48. The van der Waals surface area contributed by atoms with Crippen molar-refractivity contribution in [1.82, 2.24) is 15.1 Å². The Hall–Kier alpha value is -1.36. The molecule has 1 aliphatic rings. The number of aryl methyl sites for hydroxylation is 2. The molecule has 1 aliphatic heterocycles. The number of aliphatic carboxylic acids is 1. The van der Waals surface area contributed by atoms with Gasteiger partial charge in [-0.2, -0.15) is 5.10 Å². The zero-order valence-electron chi connectivity index (χ0n) is 9.44. The van der Waals surface area contributed by atoms with Crippen molar-refractivity contribution in [2.75, 3.05) is 13.1 Å². The maximum absolute atomic E-state index is 11.3. The van der Waals surface area contributed by atoms with Gasteiger partial charge in [0, 0.05) is 25.5 Å². The third kappa shape index (κ3) is 1.95. The van der Waals surface area contributed by atoms with Crippen LogP contribution in [0, 0.1) is 5.41 Å². The van der Waals surface area contributed by atoms with E-state index in [0.717, 1.165) is 25.1 Å². The summed E-state index contributed by atoms with van der Waals surface area (Å²) >= 11 is 0. The van der Waals surface area contributed by atoms with Crippen molar-refractivity contribution in [2.45, 2.75) is 19.3 Å². The van der Waals surface area contributed by atoms with Gasteiger partial charge in [0.05, 0.1) is 5.41 Å². The van der Waals surface area contributed by atoms with Crippen LogP contribution in [0.5, 0.6) is 0 Å². The van der Waals surface area contributed by atoms with E-state index >= 15 is 0 Å². The Morgan fingerprint density at radius 1 is 1.75 bits per heavy atom. The van der Waals surface area contributed by atoms with Crippen LogP contribution >= 0.6 is 0 Å². The molecule has 2 heterocycles. The van der Waals surface area contributed by atoms with Crippen molar-refractivity contribution in [3.05, 3.63) is 18.0 Å². The number of carbonyl (C=O) groups is 1. The largest absolute Gasteiger partial charge is 0.481 e. The first-order valence-corrected chi connectivity index (χ1v) is 5.55. The standard InChI is InChI=1S/C11H17N3O2/c1-14-9(3-6-13-14)2-4-11(10(15)16)5-7-12-8-11/h3,6,12H,2,4-5,7-8H2,1H3,(H,15,16). The van der Waals surface area contributed by atoms with E-state index in [9.17, 15) is 9.90 Å². The normalized spacial score (nSPS) is 24.8. The highest BCUT2D eigenvalue weighted by Gasteiger charge is 2.40. The summed E-state index contributed by atoms with van der Waals surface area (Å²) in [4.78, 5) is 11.3. The van der Waals surface area contributed by atoms with Crippen molar-refractivity contribution in [2.24, 2.45) is 12.5 Å². The number of hydrogen-bond donors (Lipinski definition) is 2. The van der Waals surface area contributed by atoms with Crippen LogP contribution in [0.4, 0.5) is 0 Å². The van der Waals surface area contributed by atoms with Gasteiger partial charge in [0.1, 0.15) is 0 Å². The molecule has 1 unspecified atom stereocenters. The Kier molecular flexibility index (Phi) is 2.96. The molecule has 1 atom stereocenters. The van der Waals surface area contributed by atoms with Gasteiger partial charge in [-0.1, -0.05) is 0 Å². The number of carboxylic acid groups (broad SMARTS) is 1. The second kappa shape index (κ2) is 4.25. The first-order chi connectivity index (χ1) is 7.64. The van der Waals surface area contributed by atoms with Gasteiger partial charge in [0.25, 0.3) is 0 Å². The van der Waals surface area contributed by atoms with E-state index in [2.05, 4.69) is 10.4 Å². The highest BCUT2D eigenvalue weighted by molar-refractivity contribution is 5.75. The Bertz CT molecular complexity index is 380. The van der Waals surface area contributed by atoms with Crippen molar-refractivity contribution < 1.29 is 9.90 Å².